The third kappa shape index (κ3) is 4.28. The molecule has 1 aromatic rings. The van der Waals surface area contributed by atoms with Crippen LogP contribution in [0.5, 0.6) is 0 Å². The van der Waals surface area contributed by atoms with Gasteiger partial charge in [-0.05, 0) is 18.1 Å². The molecule has 8 heteroatoms. The number of likely N-dealkylation sites (tertiary alicyclic amines) is 1. The van der Waals surface area contributed by atoms with Gasteiger partial charge in [-0.15, -0.1) is 0 Å². The van der Waals surface area contributed by atoms with Gasteiger partial charge in [0.05, 0.1) is 18.2 Å². The van der Waals surface area contributed by atoms with Gasteiger partial charge in [0.2, 0.25) is 15.9 Å². The lowest BCUT2D eigenvalue weighted by Crippen LogP contribution is -2.38. The average Bonchev–Trinajstić information content (AvgIpc) is 2.85. The van der Waals surface area contributed by atoms with Crippen LogP contribution in [0.1, 0.15) is 22.3 Å². The molecular weight excluding hydrogens is 308 g/mol. The van der Waals surface area contributed by atoms with E-state index in [2.05, 4.69) is 4.72 Å². The van der Waals surface area contributed by atoms with Crippen molar-refractivity contribution in [1.82, 2.24) is 9.62 Å². The van der Waals surface area contributed by atoms with Crippen molar-refractivity contribution in [3.63, 3.8) is 0 Å². The minimum atomic E-state index is -3.30. The van der Waals surface area contributed by atoms with Crippen LogP contribution in [0.2, 0.25) is 0 Å². The van der Waals surface area contributed by atoms with Crippen LogP contribution in [0.3, 0.4) is 0 Å². The van der Waals surface area contributed by atoms with Crippen LogP contribution in [-0.2, 0) is 21.2 Å². The van der Waals surface area contributed by atoms with Crippen molar-refractivity contribution in [1.29, 1.82) is 0 Å². The topological polar surface area (TPSA) is 104 Å². The molecule has 1 heterocycles. The monoisotopic (exact) mass is 326 g/mol. The number of carboxylic acid groups (broad SMARTS) is 1. The summed E-state index contributed by atoms with van der Waals surface area (Å²) in [5, 5.41) is 9.11. The first-order valence-electron chi connectivity index (χ1n) is 6.82. The van der Waals surface area contributed by atoms with E-state index in [0.29, 0.717) is 25.1 Å². The molecular formula is C14H18N2O5S. The molecule has 2 rings (SSSR count). The minimum Gasteiger partial charge on any atom is -0.478 e. The van der Waals surface area contributed by atoms with E-state index >= 15 is 0 Å². The lowest BCUT2D eigenvalue weighted by Gasteiger charge is -2.17. The van der Waals surface area contributed by atoms with Crippen molar-refractivity contribution in [2.45, 2.75) is 18.9 Å². The maximum absolute atomic E-state index is 12.3. The molecule has 120 valence electrons. The number of carbonyl (C=O) groups is 2. The summed E-state index contributed by atoms with van der Waals surface area (Å²) in [6, 6.07) is 6.09. The summed E-state index contributed by atoms with van der Waals surface area (Å²) < 4.78 is 24.9. The second kappa shape index (κ2) is 6.45. The third-order valence-electron chi connectivity index (χ3n) is 3.51. The van der Waals surface area contributed by atoms with Gasteiger partial charge in [-0.1, -0.05) is 18.2 Å². The third-order valence-corrected chi connectivity index (χ3v) is 4.27. The Balaban J connectivity index is 2.01. The normalized spacial score (nSPS) is 18.4. The first-order valence-corrected chi connectivity index (χ1v) is 8.71. The number of rotatable bonds is 5. The molecule has 0 radical (unpaired) electrons. The number of nitrogens with one attached hydrogen (secondary N) is 1. The SMILES string of the molecule is CS(=O)(=O)NC1CCN(C(=O)Cc2ccccc2C(=O)O)C1. The number of nitrogens with zero attached hydrogens (tertiary/aromatic N) is 1. The molecule has 1 atom stereocenters. The highest BCUT2D eigenvalue weighted by atomic mass is 32.2. The summed E-state index contributed by atoms with van der Waals surface area (Å²) >= 11 is 0. The van der Waals surface area contributed by atoms with Crippen LogP contribution in [0.25, 0.3) is 0 Å². The molecule has 0 aromatic heterocycles. The summed E-state index contributed by atoms with van der Waals surface area (Å²) in [6.07, 6.45) is 1.63. The molecule has 0 saturated carbocycles. The van der Waals surface area contributed by atoms with Crippen LogP contribution >= 0.6 is 0 Å². The Bertz CT molecular complexity index is 686. The van der Waals surface area contributed by atoms with Crippen molar-refractivity contribution in [3.8, 4) is 0 Å². The Morgan fingerprint density at radius 1 is 1.36 bits per heavy atom. The summed E-state index contributed by atoms with van der Waals surface area (Å²) in [6.45, 7) is 0.766. The zero-order chi connectivity index (χ0) is 16.3. The van der Waals surface area contributed by atoms with Crippen LogP contribution in [0, 0.1) is 0 Å². The molecule has 1 amide bonds. The van der Waals surface area contributed by atoms with E-state index in [-0.39, 0.29) is 23.9 Å². The summed E-state index contributed by atoms with van der Waals surface area (Å²) in [4.78, 5) is 24.9. The molecule has 0 spiro atoms. The number of sulfonamides is 1. The van der Waals surface area contributed by atoms with Gasteiger partial charge in [-0.2, -0.15) is 0 Å². The molecule has 7 nitrogen and oxygen atoms in total. The molecule has 0 aliphatic carbocycles. The molecule has 1 aromatic carbocycles. The zero-order valence-electron chi connectivity index (χ0n) is 12.2. The Kier molecular flexibility index (Phi) is 4.82. The fraction of sp³-hybridized carbons (Fsp3) is 0.429. The smallest absolute Gasteiger partial charge is 0.335 e. The van der Waals surface area contributed by atoms with Gasteiger partial charge in [0.15, 0.2) is 0 Å². The maximum Gasteiger partial charge on any atom is 0.335 e. The summed E-state index contributed by atoms with van der Waals surface area (Å²) in [5.74, 6) is -1.27. The molecule has 1 unspecified atom stereocenters. The highest BCUT2D eigenvalue weighted by molar-refractivity contribution is 7.88. The largest absolute Gasteiger partial charge is 0.478 e. The Hall–Kier alpha value is -1.93. The number of carboxylic acids is 1. The number of aromatic carboxylic acids is 1. The van der Waals surface area contributed by atoms with Gasteiger partial charge < -0.3 is 10.0 Å². The Labute approximate surface area is 129 Å². The highest BCUT2D eigenvalue weighted by Gasteiger charge is 2.28. The van der Waals surface area contributed by atoms with Gasteiger partial charge >= 0.3 is 5.97 Å². The van der Waals surface area contributed by atoms with E-state index in [1.807, 2.05) is 0 Å². The summed E-state index contributed by atoms with van der Waals surface area (Å²) in [5.41, 5.74) is 0.570. The van der Waals surface area contributed by atoms with Crippen molar-refractivity contribution in [2.75, 3.05) is 19.3 Å². The van der Waals surface area contributed by atoms with Gasteiger partial charge in [0.1, 0.15) is 0 Å². The molecule has 1 aliphatic heterocycles. The van der Waals surface area contributed by atoms with Crippen molar-refractivity contribution >= 4 is 21.9 Å². The van der Waals surface area contributed by atoms with E-state index < -0.39 is 16.0 Å². The zero-order valence-corrected chi connectivity index (χ0v) is 13.0. The molecule has 2 N–H and O–H groups in total. The molecule has 1 fully saturated rings. The second-order valence-corrected chi connectivity index (χ2v) is 7.13. The van der Waals surface area contributed by atoms with Crippen LogP contribution in [-0.4, -0.2) is 55.7 Å². The Morgan fingerprint density at radius 3 is 2.68 bits per heavy atom. The number of carbonyl (C=O) groups excluding carboxylic acids is 1. The molecule has 0 bridgehead atoms. The fourth-order valence-corrected chi connectivity index (χ4v) is 3.34. The highest BCUT2D eigenvalue weighted by Crippen LogP contribution is 2.15. The van der Waals surface area contributed by atoms with Crippen LogP contribution < -0.4 is 4.72 Å². The van der Waals surface area contributed by atoms with E-state index in [9.17, 15) is 18.0 Å². The first kappa shape index (κ1) is 16.4. The van der Waals surface area contributed by atoms with Crippen LogP contribution in [0.4, 0.5) is 0 Å². The first-order chi connectivity index (χ1) is 10.3. The predicted octanol–water partition coefficient (Wildman–Crippen LogP) is 0.0774. The van der Waals surface area contributed by atoms with Crippen molar-refractivity contribution in [3.05, 3.63) is 35.4 Å². The van der Waals surface area contributed by atoms with E-state index in [1.54, 1.807) is 23.1 Å². The predicted molar refractivity (Wildman–Crippen MR) is 80.1 cm³/mol. The molecule has 22 heavy (non-hydrogen) atoms. The summed E-state index contributed by atoms with van der Waals surface area (Å²) in [7, 11) is -3.30. The van der Waals surface area contributed by atoms with E-state index in [1.165, 1.54) is 6.07 Å². The van der Waals surface area contributed by atoms with E-state index in [4.69, 9.17) is 5.11 Å². The maximum atomic E-state index is 12.3. The van der Waals surface area contributed by atoms with E-state index in [0.717, 1.165) is 6.26 Å². The van der Waals surface area contributed by atoms with Gasteiger partial charge in [0.25, 0.3) is 0 Å². The van der Waals surface area contributed by atoms with Gasteiger partial charge in [0, 0.05) is 19.1 Å². The van der Waals surface area contributed by atoms with Crippen molar-refractivity contribution in [2.24, 2.45) is 0 Å². The number of amides is 1. The van der Waals surface area contributed by atoms with Crippen LogP contribution in [0.15, 0.2) is 24.3 Å². The fourth-order valence-electron chi connectivity index (χ4n) is 2.54. The number of hydrogen-bond acceptors (Lipinski definition) is 4. The number of hydrogen-bond donors (Lipinski definition) is 2. The number of benzene rings is 1. The quantitative estimate of drug-likeness (QED) is 0.797. The Morgan fingerprint density at radius 2 is 2.05 bits per heavy atom. The average molecular weight is 326 g/mol. The molecule has 1 saturated heterocycles. The van der Waals surface area contributed by atoms with Gasteiger partial charge in [-0.3, -0.25) is 4.79 Å². The molecule has 1 aliphatic rings. The van der Waals surface area contributed by atoms with Crippen molar-refractivity contribution < 1.29 is 23.1 Å². The minimum absolute atomic E-state index is 0.00588. The standard InChI is InChI=1S/C14H18N2O5S/c1-22(20,21)15-11-6-7-16(9-11)13(17)8-10-4-2-3-5-12(10)14(18)19/h2-5,11,15H,6-9H2,1H3,(H,18,19). The van der Waals surface area contributed by atoms with Gasteiger partial charge in [-0.25, -0.2) is 17.9 Å². The lowest BCUT2D eigenvalue weighted by molar-refractivity contribution is -0.129. The lowest BCUT2D eigenvalue weighted by atomic mass is 10.0. The second-order valence-electron chi connectivity index (χ2n) is 5.35.